The van der Waals surface area contributed by atoms with Crippen LogP contribution in [0.2, 0.25) is 0 Å². The highest BCUT2D eigenvalue weighted by molar-refractivity contribution is 6.08. The molecular weight excluding hydrogens is 244 g/mol. The number of urea groups is 1. The Bertz CT molecular complexity index is 689. The largest absolute Gasteiger partial charge is 0.329 e. The van der Waals surface area contributed by atoms with Crippen LogP contribution in [0.4, 0.5) is 10.6 Å². The van der Waals surface area contributed by atoms with Crippen LogP contribution < -0.4 is 10.2 Å². The second kappa shape index (κ2) is 4.08. The van der Waals surface area contributed by atoms with Crippen molar-refractivity contribution in [3.05, 3.63) is 23.8 Å². The van der Waals surface area contributed by atoms with E-state index >= 15 is 0 Å². The minimum atomic E-state index is -0.406. The summed E-state index contributed by atoms with van der Waals surface area (Å²) in [6, 6.07) is 5.56. The van der Waals surface area contributed by atoms with Gasteiger partial charge in [0.2, 0.25) is 5.91 Å². The first-order valence-electron chi connectivity index (χ1n) is 6.11. The van der Waals surface area contributed by atoms with Gasteiger partial charge in [-0.15, -0.1) is 0 Å². The molecule has 0 aliphatic carbocycles. The average molecular weight is 258 g/mol. The standard InChI is InChI=1S/C13H14N4O2/c1-8-3-4-9-10(7-8)16(2)15-12(9)17-6-5-11(18)14-13(17)19/h3-4,7H,5-6H2,1-2H3,(H,14,18,19). The van der Waals surface area contributed by atoms with Gasteiger partial charge in [0, 0.05) is 25.4 Å². The van der Waals surface area contributed by atoms with E-state index in [2.05, 4.69) is 10.4 Å². The highest BCUT2D eigenvalue weighted by Gasteiger charge is 2.27. The maximum absolute atomic E-state index is 11.9. The molecule has 0 radical (unpaired) electrons. The van der Waals surface area contributed by atoms with E-state index in [-0.39, 0.29) is 5.91 Å². The third-order valence-corrected chi connectivity index (χ3v) is 3.30. The molecule has 6 heteroatoms. The van der Waals surface area contributed by atoms with Gasteiger partial charge in [-0.05, 0) is 24.6 Å². The van der Waals surface area contributed by atoms with Crippen LogP contribution >= 0.6 is 0 Å². The van der Waals surface area contributed by atoms with E-state index in [4.69, 9.17) is 0 Å². The SMILES string of the molecule is Cc1ccc2c(N3CCC(=O)NC3=O)nn(C)c2c1. The van der Waals surface area contributed by atoms with E-state index < -0.39 is 6.03 Å². The molecule has 0 saturated carbocycles. The van der Waals surface area contributed by atoms with Crippen LogP contribution in [-0.4, -0.2) is 28.3 Å². The van der Waals surface area contributed by atoms with Gasteiger partial charge in [0.25, 0.3) is 0 Å². The van der Waals surface area contributed by atoms with Crippen molar-refractivity contribution in [1.29, 1.82) is 0 Å². The summed E-state index contributed by atoms with van der Waals surface area (Å²) in [6.45, 7) is 2.38. The molecule has 3 amide bonds. The first kappa shape index (κ1) is 11.7. The number of fused-ring (bicyclic) bond motifs is 1. The van der Waals surface area contributed by atoms with Crippen LogP contribution in [-0.2, 0) is 11.8 Å². The lowest BCUT2D eigenvalue weighted by Crippen LogP contribution is -2.49. The Balaban J connectivity index is 2.10. The van der Waals surface area contributed by atoms with Crippen LogP contribution in [0, 0.1) is 6.92 Å². The van der Waals surface area contributed by atoms with Crippen LogP contribution in [0.5, 0.6) is 0 Å². The fourth-order valence-electron chi connectivity index (χ4n) is 2.31. The summed E-state index contributed by atoms with van der Waals surface area (Å²) >= 11 is 0. The molecule has 98 valence electrons. The second-order valence-electron chi connectivity index (χ2n) is 4.72. The minimum Gasteiger partial charge on any atom is -0.278 e. The van der Waals surface area contributed by atoms with E-state index in [1.165, 1.54) is 4.90 Å². The van der Waals surface area contributed by atoms with Gasteiger partial charge >= 0.3 is 6.03 Å². The first-order chi connectivity index (χ1) is 9.06. The van der Waals surface area contributed by atoms with E-state index in [1.807, 2.05) is 32.2 Å². The Morgan fingerprint density at radius 2 is 2.11 bits per heavy atom. The number of imide groups is 1. The molecule has 2 heterocycles. The third-order valence-electron chi connectivity index (χ3n) is 3.30. The van der Waals surface area contributed by atoms with Crippen molar-refractivity contribution in [2.75, 3.05) is 11.4 Å². The van der Waals surface area contributed by atoms with E-state index in [9.17, 15) is 9.59 Å². The Hall–Kier alpha value is -2.37. The summed E-state index contributed by atoms with van der Waals surface area (Å²) in [5.74, 6) is 0.361. The van der Waals surface area contributed by atoms with Crippen molar-refractivity contribution in [2.24, 2.45) is 7.05 Å². The average Bonchev–Trinajstić information content (AvgIpc) is 2.66. The molecule has 2 aromatic rings. The fourth-order valence-corrected chi connectivity index (χ4v) is 2.31. The smallest absolute Gasteiger partial charge is 0.278 e. The molecule has 3 rings (SSSR count). The molecule has 1 fully saturated rings. The summed E-state index contributed by atoms with van der Waals surface area (Å²) in [6.07, 6.45) is 0.301. The number of carbonyl (C=O) groups is 2. The first-order valence-corrected chi connectivity index (χ1v) is 6.11. The van der Waals surface area contributed by atoms with Crippen LogP contribution in [0.3, 0.4) is 0 Å². The maximum Gasteiger partial charge on any atom is 0.329 e. The third kappa shape index (κ3) is 1.85. The van der Waals surface area contributed by atoms with E-state index in [1.54, 1.807) is 4.68 Å². The van der Waals surface area contributed by atoms with Gasteiger partial charge in [-0.2, -0.15) is 5.10 Å². The predicted octanol–water partition coefficient (Wildman–Crippen LogP) is 1.33. The van der Waals surface area contributed by atoms with Crippen molar-refractivity contribution in [1.82, 2.24) is 15.1 Å². The Kier molecular flexibility index (Phi) is 2.51. The molecule has 0 bridgehead atoms. The number of nitrogens with zero attached hydrogens (tertiary/aromatic N) is 3. The fraction of sp³-hybridized carbons (Fsp3) is 0.308. The van der Waals surface area contributed by atoms with Gasteiger partial charge in [-0.3, -0.25) is 19.7 Å². The number of aryl methyl sites for hydroxylation is 2. The van der Waals surface area contributed by atoms with Crippen LogP contribution in [0.15, 0.2) is 18.2 Å². The summed E-state index contributed by atoms with van der Waals surface area (Å²) in [7, 11) is 1.85. The lowest BCUT2D eigenvalue weighted by Gasteiger charge is -2.24. The minimum absolute atomic E-state index is 0.239. The monoisotopic (exact) mass is 258 g/mol. The molecule has 19 heavy (non-hydrogen) atoms. The van der Waals surface area contributed by atoms with Crippen molar-refractivity contribution < 1.29 is 9.59 Å². The molecule has 1 aromatic heterocycles. The summed E-state index contributed by atoms with van der Waals surface area (Å²) < 4.78 is 1.75. The van der Waals surface area contributed by atoms with Crippen LogP contribution in [0.25, 0.3) is 10.9 Å². The molecule has 1 N–H and O–H groups in total. The van der Waals surface area contributed by atoms with Gasteiger partial charge < -0.3 is 0 Å². The molecule has 0 atom stereocenters. The number of anilines is 1. The van der Waals surface area contributed by atoms with Crippen LogP contribution in [0.1, 0.15) is 12.0 Å². The summed E-state index contributed by atoms with van der Waals surface area (Å²) in [5.41, 5.74) is 2.11. The number of rotatable bonds is 1. The number of aromatic nitrogens is 2. The lowest BCUT2D eigenvalue weighted by atomic mass is 10.1. The number of benzene rings is 1. The number of hydrogen-bond acceptors (Lipinski definition) is 3. The van der Waals surface area contributed by atoms with Crippen molar-refractivity contribution >= 4 is 28.7 Å². The lowest BCUT2D eigenvalue weighted by molar-refractivity contribution is -0.120. The molecule has 1 aromatic carbocycles. The molecule has 1 aliphatic rings. The molecule has 6 nitrogen and oxygen atoms in total. The van der Waals surface area contributed by atoms with Gasteiger partial charge in [-0.25, -0.2) is 4.79 Å². The highest BCUT2D eigenvalue weighted by Crippen LogP contribution is 2.27. The van der Waals surface area contributed by atoms with Crippen molar-refractivity contribution in [2.45, 2.75) is 13.3 Å². The number of carbonyl (C=O) groups excluding carboxylic acids is 2. The van der Waals surface area contributed by atoms with Gasteiger partial charge in [0.15, 0.2) is 5.82 Å². The summed E-state index contributed by atoms with van der Waals surface area (Å²) in [5, 5.41) is 7.63. The molecule has 0 spiro atoms. The molecule has 1 aliphatic heterocycles. The van der Waals surface area contributed by atoms with Crippen molar-refractivity contribution in [3.63, 3.8) is 0 Å². The van der Waals surface area contributed by atoms with E-state index in [0.29, 0.717) is 18.8 Å². The second-order valence-corrected chi connectivity index (χ2v) is 4.72. The maximum atomic E-state index is 11.9. The zero-order valence-electron chi connectivity index (χ0n) is 10.8. The highest BCUT2D eigenvalue weighted by atomic mass is 16.2. The Morgan fingerprint density at radius 1 is 1.32 bits per heavy atom. The molecule has 0 unspecified atom stereocenters. The molecular formula is C13H14N4O2. The Morgan fingerprint density at radius 3 is 2.84 bits per heavy atom. The topological polar surface area (TPSA) is 67.2 Å². The summed E-state index contributed by atoms with van der Waals surface area (Å²) in [4.78, 5) is 24.6. The predicted molar refractivity (Wildman–Crippen MR) is 71.0 cm³/mol. The number of amides is 3. The normalized spacial score (nSPS) is 16.0. The van der Waals surface area contributed by atoms with E-state index in [0.717, 1.165) is 16.5 Å². The van der Waals surface area contributed by atoms with Gasteiger partial charge in [0.05, 0.1) is 5.52 Å². The quantitative estimate of drug-likeness (QED) is 0.839. The molecule has 1 saturated heterocycles. The number of hydrogen-bond donors (Lipinski definition) is 1. The Labute approximate surface area is 110 Å². The number of nitrogens with one attached hydrogen (secondary N) is 1. The zero-order chi connectivity index (χ0) is 13.6. The van der Waals surface area contributed by atoms with Crippen molar-refractivity contribution in [3.8, 4) is 0 Å². The van der Waals surface area contributed by atoms with Gasteiger partial charge in [-0.1, -0.05) is 6.07 Å². The van der Waals surface area contributed by atoms with Gasteiger partial charge in [0.1, 0.15) is 0 Å². The zero-order valence-corrected chi connectivity index (χ0v) is 10.8.